The number of thioether (sulfide) groups is 1. The molecular weight excluding hydrogens is 334 g/mol. The lowest BCUT2D eigenvalue weighted by molar-refractivity contribution is -0.115. The van der Waals surface area contributed by atoms with Gasteiger partial charge in [-0.15, -0.1) is 10.2 Å². The smallest absolute Gasteiger partial charge is 0.237 e. The Bertz CT molecular complexity index is 878. The number of nitrogens with one attached hydrogen (secondary N) is 1. The predicted molar refractivity (Wildman–Crippen MR) is 99.4 cm³/mol. The molecular formula is C18H19N5OS. The van der Waals surface area contributed by atoms with Crippen LogP contribution in [-0.4, -0.2) is 30.9 Å². The first-order chi connectivity index (χ1) is 12.0. The molecule has 3 aromatic rings. The van der Waals surface area contributed by atoms with E-state index in [9.17, 15) is 4.79 Å². The topological polar surface area (TPSA) is 72.7 Å². The van der Waals surface area contributed by atoms with Crippen molar-refractivity contribution in [3.8, 4) is 11.4 Å². The van der Waals surface area contributed by atoms with Crippen LogP contribution in [0.4, 0.5) is 5.69 Å². The summed E-state index contributed by atoms with van der Waals surface area (Å²) >= 11 is 1.37. The Morgan fingerprint density at radius 1 is 1.24 bits per heavy atom. The van der Waals surface area contributed by atoms with Crippen LogP contribution in [0.15, 0.2) is 53.9 Å². The third-order valence-electron chi connectivity index (χ3n) is 3.69. The van der Waals surface area contributed by atoms with Gasteiger partial charge in [0.25, 0.3) is 0 Å². The summed E-state index contributed by atoms with van der Waals surface area (Å²) in [5.41, 5.74) is 2.79. The van der Waals surface area contributed by atoms with E-state index in [4.69, 9.17) is 0 Å². The summed E-state index contributed by atoms with van der Waals surface area (Å²) < 4.78 is 1.87. The fourth-order valence-corrected chi connectivity index (χ4v) is 3.16. The van der Waals surface area contributed by atoms with E-state index in [-0.39, 0.29) is 11.2 Å². The van der Waals surface area contributed by atoms with Crippen LogP contribution in [0.5, 0.6) is 0 Å². The first-order valence-electron chi connectivity index (χ1n) is 7.88. The molecule has 2 aromatic heterocycles. The van der Waals surface area contributed by atoms with Gasteiger partial charge in [0.05, 0.1) is 5.25 Å². The summed E-state index contributed by atoms with van der Waals surface area (Å²) in [6.07, 6.45) is 3.46. The van der Waals surface area contributed by atoms with Crippen molar-refractivity contribution in [3.05, 3.63) is 54.4 Å². The van der Waals surface area contributed by atoms with Crippen molar-refractivity contribution < 1.29 is 4.79 Å². The van der Waals surface area contributed by atoms with Crippen LogP contribution in [0.25, 0.3) is 11.4 Å². The minimum atomic E-state index is -0.301. The Hall–Kier alpha value is -2.67. The number of pyridine rings is 1. The van der Waals surface area contributed by atoms with Gasteiger partial charge in [0.2, 0.25) is 5.91 Å². The van der Waals surface area contributed by atoms with Gasteiger partial charge in [0, 0.05) is 30.7 Å². The highest BCUT2D eigenvalue weighted by atomic mass is 32.2. The highest BCUT2D eigenvalue weighted by Crippen LogP contribution is 2.26. The number of carbonyl (C=O) groups is 1. The lowest BCUT2D eigenvalue weighted by atomic mass is 10.2. The van der Waals surface area contributed by atoms with Gasteiger partial charge in [-0.2, -0.15) is 0 Å². The van der Waals surface area contributed by atoms with Crippen molar-refractivity contribution in [2.24, 2.45) is 7.05 Å². The summed E-state index contributed by atoms with van der Waals surface area (Å²) in [5, 5.41) is 11.7. The Balaban J connectivity index is 1.70. The molecule has 0 radical (unpaired) electrons. The van der Waals surface area contributed by atoms with E-state index in [0.717, 1.165) is 22.6 Å². The Morgan fingerprint density at radius 3 is 2.80 bits per heavy atom. The number of benzene rings is 1. The second-order valence-corrected chi connectivity index (χ2v) is 7.03. The molecule has 3 rings (SSSR count). The maximum Gasteiger partial charge on any atom is 0.237 e. The quantitative estimate of drug-likeness (QED) is 0.713. The van der Waals surface area contributed by atoms with Crippen molar-refractivity contribution in [2.45, 2.75) is 24.3 Å². The minimum absolute atomic E-state index is 0.0680. The van der Waals surface area contributed by atoms with E-state index in [1.165, 1.54) is 11.8 Å². The van der Waals surface area contributed by atoms with Crippen molar-refractivity contribution in [1.29, 1.82) is 0 Å². The molecule has 2 heterocycles. The number of nitrogens with zero attached hydrogens (tertiary/aromatic N) is 4. The van der Waals surface area contributed by atoms with Crippen molar-refractivity contribution in [2.75, 3.05) is 5.32 Å². The number of amides is 1. The average Bonchev–Trinajstić information content (AvgIpc) is 2.96. The Labute approximate surface area is 150 Å². The number of carbonyl (C=O) groups excluding carboxylic acids is 1. The molecule has 25 heavy (non-hydrogen) atoms. The summed E-state index contributed by atoms with van der Waals surface area (Å²) in [4.78, 5) is 16.5. The normalized spacial score (nSPS) is 12.0. The van der Waals surface area contributed by atoms with Gasteiger partial charge >= 0.3 is 0 Å². The molecule has 0 aliphatic rings. The Kier molecular flexibility index (Phi) is 5.14. The first-order valence-corrected chi connectivity index (χ1v) is 8.76. The van der Waals surface area contributed by atoms with Gasteiger partial charge in [-0.1, -0.05) is 23.9 Å². The van der Waals surface area contributed by atoms with Gasteiger partial charge in [-0.3, -0.25) is 9.78 Å². The Morgan fingerprint density at radius 2 is 2.08 bits per heavy atom. The monoisotopic (exact) mass is 353 g/mol. The van der Waals surface area contributed by atoms with E-state index < -0.39 is 0 Å². The lowest BCUT2D eigenvalue weighted by Gasteiger charge is -2.12. The molecule has 128 valence electrons. The average molecular weight is 353 g/mol. The first kappa shape index (κ1) is 17.2. The molecule has 0 bridgehead atoms. The highest BCUT2D eigenvalue weighted by molar-refractivity contribution is 8.00. The summed E-state index contributed by atoms with van der Waals surface area (Å²) in [6, 6.07) is 11.5. The van der Waals surface area contributed by atoms with Crippen LogP contribution in [0, 0.1) is 6.92 Å². The standard InChI is InChI=1S/C18H19N5OS/c1-12-6-4-8-15(10-12)20-17(24)13(2)25-18-22-21-16(23(18)3)14-7-5-9-19-11-14/h4-11,13H,1-3H3,(H,20,24)/t13-/m0/s1. The maximum atomic E-state index is 12.4. The number of aryl methyl sites for hydroxylation is 1. The number of aromatic nitrogens is 4. The van der Waals surface area contributed by atoms with E-state index in [1.54, 1.807) is 12.4 Å². The van der Waals surface area contributed by atoms with Crippen LogP contribution < -0.4 is 5.32 Å². The molecule has 0 saturated carbocycles. The minimum Gasteiger partial charge on any atom is -0.325 e. The molecule has 1 N–H and O–H groups in total. The van der Waals surface area contributed by atoms with Gasteiger partial charge in [0.15, 0.2) is 11.0 Å². The van der Waals surface area contributed by atoms with E-state index in [0.29, 0.717) is 5.16 Å². The van der Waals surface area contributed by atoms with Crippen molar-refractivity contribution in [1.82, 2.24) is 19.7 Å². The highest BCUT2D eigenvalue weighted by Gasteiger charge is 2.19. The van der Waals surface area contributed by atoms with Crippen LogP contribution in [-0.2, 0) is 11.8 Å². The van der Waals surface area contributed by atoms with E-state index in [1.807, 2.05) is 61.9 Å². The fraction of sp³-hybridized carbons (Fsp3) is 0.222. The molecule has 0 aliphatic heterocycles. The third kappa shape index (κ3) is 4.06. The number of hydrogen-bond donors (Lipinski definition) is 1. The number of anilines is 1. The van der Waals surface area contributed by atoms with Gasteiger partial charge in [0.1, 0.15) is 0 Å². The van der Waals surface area contributed by atoms with E-state index in [2.05, 4.69) is 20.5 Å². The van der Waals surface area contributed by atoms with Gasteiger partial charge < -0.3 is 9.88 Å². The molecule has 6 nitrogen and oxygen atoms in total. The zero-order valence-corrected chi connectivity index (χ0v) is 15.1. The fourth-order valence-electron chi connectivity index (χ4n) is 2.34. The molecule has 1 aromatic carbocycles. The second kappa shape index (κ2) is 7.48. The van der Waals surface area contributed by atoms with Crippen LogP contribution >= 0.6 is 11.8 Å². The molecule has 0 aliphatic carbocycles. The van der Waals surface area contributed by atoms with E-state index >= 15 is 0 Å². The SMILES string of the molecule is Cc1cccc(NC(=O)[C@H](C)Sc2nnc(-c3cccnc3)n2C)c1. The largest absolute Gasteiger partial charge is 0.325 e. The van der Waals surface area contributed by atoms with Crippen LogP contribution in [0.2, 0.25) is 0 Å². The molecule has 0 unspecified atom stereocenters. The van der Waals surface area contributed by atoms with Crippen LogP contribution in [0.3, 0.4) is 0 Å². The summed E-state index contributed by atoms with van der Waals surface area (Å²) in [7, 11) is 1.88. The lowest BCUT2D eigenvalue weighted by Crippen LogP contribution is -2.22. The van der Waals surface area contributed by atoms with Gasteiger partial charge in [-0.05, 0) is 43.7 Å². The molecule has 1 amide bonds. The van der Waals surface area contributed by atoms with Gasteiger partial charge in [-0.25, -0.2) is 0 Å². The third-order valence-corrected chi connectivity index (χ3v) is 4.83. The molecule has 0 spiro atoms. The number of hydrogen-bond acceptors (Lipinski definition) is 5. The molecule has 7 heteroatoms. The maximum absolute atomic E-state index is 12.4. The number of rotatable bonds is 5. The molecule has 0 saturated heterocycles. The second-order valence-electron chi connectivity index (χ2n) is 5.73. The van der Waals surface area contributed by atoms with Crippen molar-refractivity contribution >= 4 is 23.4 Å². The summed E-state index contributed by atoms with van der Waals surface area (Å²) in [5.74, 6) is 0.656. The van der Waals surface area contributed by atoms with Crippen molar-refractivity contribution in [3.63, 3.8) is 0 Å². The molecule has 1 atom stereocenters. The summed E-state index contributed by atoms with van der Waals surface area (Å²) in [6.45, 7) is 3.85. The zero-order chi connectivity index (χ0) is 17.8. The zero-order valence-electron chi connectivity index (χ0n) is 14.3. The molecule has 0 fully saturated rings. The van der Waals surface area contributed by atoms with Crippen LogP contribution in [0.1, 0.15) is 12.5 Å². The predicted octanol–water partition coefficient (Wildman–Crippen LogP) is 3.30.